The first kappa shape index (κ1) is 34.8. The predicted molar refractivity (Wildman–Crippen MR) is 192 cm³/mol. The molecule has 0 radical (unpaired) electrons. The lowest BCUT2D eigenvalue weighted by Crippen LogP contribution is -2.51. The molecule has 8 nitrogen and oxygen atoms in total. The number of anilines is 1. The highest BCUT2D eigenvalue weighted by Gasteiger charge is 2.49. The Kier molecular flexibility index (Phi) is 8.45. The fourth-order valence-electron chi connectivity index (χ4n) is 9.02. The number of benzene rings is 3. The van der Waals surface area contributed by atoms with Crippen molar-refractivity contribution >= 4 is 39.3 Å². The van der Waals surface area contributed by atoms with E-state index in [0.717, 1.165) is 83.3 Å². The molecule has 2 bridgehead atoms. The van der Waals surface area contributed by atoms with Gasteiger partial charge in [0.2, 0.25) is 0 Å². The zero-order valence-electron chi connectivity index (χ0n) is 28.9. The summed E-state index contributed by atoms with van der Waals surface area (Å²) >= 11 is -0.498. The molecule has 3 aromatic carbocycles. The molecule has 1 spiro atoms. The molecule has 0 amide bonds. The maximum absolute atomic E-state index is 17.4. The molecule has 5 aliphatic rings. The van der Waals surface area contributed by atoms with Crippen molar-refractivity contribution in [2.45, 2.75) is 73.0 Å². The third-order valence-corrected chi connectivity index (χ3v) is 12.4. The molecule has 2 N–H and O–H groups in total. The summed E-state index contributed by atoms with van der Waals surface area (Å²) in [6.45, 7) is 4.82. The first-order valence-corrected chi connectivity index (χ1v) is 18.9. The molecule has 5 heterocycles. The Bertz CT molecular complexity index is 2150. The highest BCUT2D eigenvalue weighted by Crippen LogP contribution is 2.50. The van der Waals surface area contributed by atoms with Crippen molar-refractivity contribution in [2.75, 3.05) is 50.8 Å². The van der Waals surface area contributed by atoms with Crippen LogP contribution in [-0.2, 0) is 4.74 Å². The molecule has 9 rings (SSSR count). The first-order chi connectivity index (χ1) is 25.4. The van der Waals surface area contributed by atoms with Crippen LogP contribution < -0.4 is 15.0 Å². The van der Waals surface area contributed by atoms with E-state index in [2.05, 4.69) is 21.1 Å². The number of hydrogen-bond acceptors (Lipinski definition) is 9. The molecule has 3 unspecified atom stereocenters. The topological polar surface area (TPSA) is 83.0 Å². The SMILES string of the molecule is C#Cc1c(F)ccc2cc(O)cc(-c3c(SC(F)(F)F)cc4c(N5CC6CCC(C5)N6)nc(OCC5(CN6CCC7(CCCO7)C6)CC5)nc4c3F)c12. The van der Waals surface area contributed by atoms with Crippen molar-refractivity contribution < 1.29 is 36.5 Å². The summed E-state index contributed by atoms with van der Waals surface area (Å²) in [4.78, 5) is 13.2. The van der Waals surface area contributed by atoms with E-state index in [-0.39, 0.29) is 67.7 Å². The van der Waals surface area contributed by atoms with Crippen LogP contribution in [0.2, 0.25) is 0 Å². The highest BCUT2D eigenvalue weighted by molar-refractivity contribution is 8.00. The summed E-state index contributed by atoms with van der Waals surface area (Å²) in [7, 11) is 0. The lowest BCUT2D eigenvalue weighted by Gasteiger charge is -2.34. The predicted octanol–water partition coefficient (Wildman–Crippen LogP) is 7.38. The summed E-state index contributed by atoms with van der Waals surface area (Å²) < 4.78 is 87.7. The molecule has 4 saturated heterocycles. The van der Waals surface area contributed by atoms with Crippen molar-refractivity contribution in [1.82, 2.24) is 20.2 Å². The van der Waals surface area contributed by atoms with Gasteiger partial charge in [-0.15, -0.1) is 6.42 Å². The van der Waals surface area contributed by atoms with Crippen LogP contribution in [0.4, 0.5) is 27.8 Å². The molecule has 1 aliphatic carbocycles. The van der Waals surface area contributed by atoms with Gasteiger partial charge in [0.25, 0.3) is 0 Å². The first-order valence-electron chi connectivity index (χ1n) is 18.1. The lowest BCUT2D eigenvalue weighted by atomic mass is 9.93. The Morgan fingerprint density at radius 1 is 1.08 bits per heavy atom. The number of nitrogens with one attached hydrogen (secondary N) is 1. The fourth-order valence-corrected chi connectivity index (χ4v) is 9.75. The van der Waals surface area contributed by atoms with E-state index in [9.17, 15) is 18.3 Å². The second-order valence-electron chi connectivity index (χ2n) is 15.4. The van der Waals surface area contributed by atoms with Gasteiger partial charge in [0.15, 0.2) is 5.82 Å². The third-order valence-electron chi connectivity index (χ3n) is 11.7. The zero-order chi connectivity index (χ0) is 36.7. The molecule has 1 aromatic heterocycles. The minimum Gasteiger partial charge on any atom is -0.508 e. The fraction of sp³-hybridized carbons (Fsp3) is 0.487. The van der Waals surface area contributed by atoms with Gasteiger partial charge in [-0.1, -0.05) is 12.0 Å². The minimum atomic E-state index is -4.82. The van der Waals surface area contributed by atoms with Gasteiger partial charge in [0.05, 0.1) is 17.8 Å². The number of aromatic hydroxyl groups is 1. The van der Waals surface area contributed by atoms with Crippen LogP contribution in [0.15, 0.2) is 35.2 Å². The van der Waals surface area contributed by atoms with Gasteiger partial charge < -0.3 is 24.8 Å². The van der Waals surface area contributed by atoms with Gasteiger partial charge in [-0.25, -0.2) is 8.78 Å². The van der Waals surface area contributed by atoms with Crippen LogP contribution in [0.5, 0.6) is 11.8 Å². The second kappa shape index (κ2) is 12.9. The minimum absolute atomic E-state index is 0.000575. The van der Waals surface area contributed by atoms with E-state index in [1.165, 1.54) is 18.2 Å². The number of rotatable bonds is 8. The number of halogens is 5. The number of nitrogens with zero attached hydrogens (tertiary/aromatic N) is 4. The number of hydrogen-bond donors (Lipinski definition) is 2. The quantitative estimate of drug-likeness (QED) is 0.109. The monoisotopic (exact) mass is 751 g/mol. The summed E-state index contributed by atoms with van der Waals surface area (Å²) in [6.07, 6.45) is 12.6. The van der Waals surface area contributed by atoms with Crippen molar-refractivity contribution in [3.63, 3.8) is 0 Å². The molecule has 278 valence electrons. The average Bonchev–Trinajstić information content (AvgIpc) is 3.37. The summed E-state index contributed by atoms with van der Waals surface area (Å²) in [6, 6.07) is 6.32. The van der Waals surface area contributed by atoms with Gasteiger partial charge in [-0.05, 0) is 91.9 Å². The van der Waals surface area contributed by atoms with Crippen LogP contribution in [0.25, 0.3) is 32.8 Å². The number of phenols is 1. The summed E-state index contributed by atoms with van der Waals surface area (Å²) in [5.41, 5.74) is -6.19. The van der Waals surface area contributed by atoms with Gasteiger partial charge in [-0.3, -0.25) is 4.90 Å². The van der Waals surface area contributed by atoms with Crippen LogP contribution in [0, 0.1) is 29.4 Å². The molecular weight excluding hydrogens is 714 g/mol. The van der Waals surface area contributed by atoms with Crippen molar-refractivity contribution in [1.29, 1.82) is 0 Å². The van der Waals surface area contributed by atoms with Crippen LogP contribution in [0.1, 0.15) is 50.5 Å². The number of fused-ring (bicyclic) bond motifs is 4. The van der Waals surface area contributed by atoms with E-state index in [1.54, 1.807) is 0 Å². The number of thioether (sulfide) groups is 1. The zero-order valence-corrected chi connectivity index (χ0v) is 29.7. The maximum atomic E-state index is 17.4. The number of ether oxygens (including phenoxy) is 2. The van der Waals surface area contributed by atoms with Crippen molar-refractivity contribution in [3.8, 4) is 35.2 Å². The Hall–Kier alpha value is -3.90. The third kappa shape index (κ3) is 6.53. The molecule has 4 aromatic rings. The number of terminal acetylenes is 1. The van der Waals surface area contributed by atoms with Crippen LogP contribution >= 0.6 is 11.8 Å². The lowest BCUT2D eigenvalue weighted by molar-refractivity contribution is -0.0328. The van der Waals surface area contributed by atoms with E-state index >= 15 is 8.78 Å². The van der Waals surface area contributed by atoms with E-state index in [1.807, 2.05) is 4.90 Å². The van der Waals surface area contributed by atoms with Crippen molar-refractivity contribution in [3.05, 3.63) is 47.5 Å². The number of aromatic nitrogens is 2. The summed E-state index contributed by atoms with van der Waals surface area (Å²) in [5, 5.41) is 14.6. The van der Waals surface area contributed by atoms with Crippen molar-refractivity contribution in [2.24, 2.45) is 5.41 Å². The van der Waals surface area contributed by atoms with Gasteiger partial charge >= 0.3 is 11.5 Å². The van der Waals surface area contributed by atoms with Crippen LogP contribution in [-0.4, -0.2) is 89.1 Å². The number of phenolic OH excluding ortho intramolecular Hbond substituents is 1. The molecule has 3 atom stereocenters. The van der Waals surface area contributed by atoms with E-state index in [4.69, 9.17) is 20.9 Å². The highest BCUT2D eigenvalue weighted by atomic mass is 32.2. The number of likely N-dealkylation sites (tertiary alicyclic amines) is 1. The largest absolute Gasteiger partial charge is 0.508 e. The Morgan fingerprint density at radius 2 is 1.87 bits per heavy atom. The van der Waals surface area contributed by atoms with E-state index in [0.29, 0.717) is 25.5 Å². The second-order valence-corrected chi connectivity index (χ2v) is 16.5. The normalized spacial score (nSPS) is 25.2. The Balaban J connectivity index is 1.16. The Labute approximate surface area is 307 Å². The smallest absolute Gasteiger partial charge is 0.446 e. The number of alkyl halides is 3. The maximum Gasteiger partial charge on any atom is 0.446 e. The van der Waals surface area contributed by atoms with Crippen LogP contribution in [0.3, 0.4) is 0 Å². The number of piperazine rings is 1. The molecule has 14 heteroatoms. The van der Waals surface area contributed by atoms with Gasteiger partial charge in [-0.2, -0.15) is 23.1 Å². The standard InChI is InChI=1S/C39H38F5N5O3S/c1-2-26-29(40)7-4-22-14-25(50)15-27(31(22)26)32-30(53-39(42,43)44)16-28-34(33(32)41)46-36(47-35(28)49-17-23-5-6-24(18-49)45-23)51-21-37(9-10-37)19-48-12-11-38(20-48)8-3-13-52-38/h1,4,7,14-16,23-24,45,50H,3,5-6,8-13,17-21H2. The average molecular weight is 752 g/mol. The molecule has 1 saturated carbocycles. The van der Waals surface area contributed by atoms with E-state index < -0.39 is 39.4 Å². The van der Waals surface area contributed by atoms with Gasteiger partial charge in [0, 0.05) is 78.1 Å². The Morgan fingerprint density at radius 3 is 2.57 bits per heavy atom. The molecule has 53 heavy (non-hydrogen) atoms. The molecule has 4 aliphatic heterocycles. The molecule has 5 fully saturated rings. The molecular formula is C39H38F5N5O3S. The summed E-state index contributed by atoms with van der Waals surface area (Å²) in [5.74, 6) is 0.314. The van der Waals surface area contributed by atoms with Gasteiger partial charge in [0.1, 0.15) is 22.9 Å².